The first-order valence-electron chi connectivity index (χ1n) is 6.35. The SMILES string of the molecule is COC(=O)c1ccc(CN[C@H](C)c2cccc(Br)c2)[nH]1. The van der Waals surface area contributed by atoms with Gasteiger partial charge in [-0.2, -0.15) is 0 Å². The number of benzene rings is 1. The number of hydrogen-bond donors (Lipinski definition) is 2. The molecule has 0 amide bonds. The van der Waals surface area contributed by atoms with Crippen LogP contribution in [0.15, 0.2) is 40.9 Å². The second-order valence-corrected chi connectivity index (χ2v) is 5.46. The second kappa shape index (κ2) is 6.72. The number of methoxy groups -OCH3 is 1. The van der Waals surface area contributed by atoms with Gasteiger partial charge in [-0.05, 0) is 36.8 Å². The summed E-state index contributed by atoms with van der Waals surface area (Å²) in [5.41, 5.74) is 2.63. The Bertz CT molecular complexity index is 595. The molecule has 0 aliphatic carbocycles. The van der Waals surface area contributed by atoms with Gasteiger partial charge < -0.3 is 15.0 Å². The molecule has 2 aromatic rings. The van der Waals surface area contributed by atoms with Crippen molar-refractivity contribution in [3.05, 3.63) is 57.8 Å². The fourth-order valence-corrected chi connectivity index (χ4v) is 2.35. The van der Waals surface area contributed by atoms with Crippen molar-refractivity contribution in [3.63, 3.8) is 0 Å². The number of H-pyrrole nitrogens is 1. The Morgan fingerprint density at radius 2 is 2.20 bits per heavy atom. The minimum absolute atomic E-state index is 0.220. The van der Waals surface area contributed by atoms with E-state index in [1.807, 2.05) is 18.2 Å². The van der Waals surface area contributed by atoms with Crippen molar-refractivity contribution in [1.29, 1.82) is 0 Å². The number of aromatic nitrogens is 1. The van der Waals surface area contributed by atoms with Crippen LogP contribution in [0.4, 0.5) is 0 Å². The van der Waals surface area contributed by atoms with Gasteiger partial charge in [0.15, 0.2) is 0 Å². The summed E-state index contributed by atoms with van der Waals surface area (Å²) in [5.74, 6) is -0.351. The molecule has 1 aromatic carbocycles. The second-order valence-electron chi connectivity index (χ2n) is 4.55. The first-order chi connectivity index (χ1) is 9.60. The highest BCUT2D eigenvalue weighted by molar-refractivity contribution is 9.10. The summed E-state index contributed by atoms with van der Waals surface area (Å²) in [6.45, 7) is 2.76. The van der Waals surface area contributed by atoms with Crippen LogP contribution in [0.1, 0.15) is 34.7 Å². The van der Waals surface area contributed by atoms with E-state index in [9.17, 15) is 4.79 Å². The van der Waals surface area contributed by atoms with Gasteiger partial charge in [-0.3, -0.25) is 0 Å². The standard InChI is InChI=1S/C15H17BrN2O2/c1-10(11-4-3-5-12(16)8-11)17-9-13-6-7-14(18-13)15(19)20-2/h3-8,10,17-18H,9H2,1-2H3/t10-/m1/s1. The molecule has 0 aliphatic rings. The fourth-order valence-electron chi connectivity index (χ4n) is 1.93. The molecule has 2 N–H and O–H groups in total. The van der Waals surface area contributed by atoms with Crippen LogP contribution in [-0.2, 0) is 11.3 Å². The molecule has 0 unspecified atom stereocenters. The largest absolute Gasteiger partial charge is 0.464 e. The van der Waals surface area contributed by atoms with Gasteiger partial charge >= 0.3 is 5.97 Å². The van der Waals surface area contributed by atoms with Gasteiger partial charge in [-0.1, -0.05) is 28.1 Å². The number of rotatable bonds is 5. The zero-order valence-corrected chi connectivity index (χ0v) is 13.0. The molecule has 5 heteroatoms. The molecule has 0 radical (unpaired) electrons. The molecule has 0 aliphatic heterocycles. The Labute approximate surface area is 126 Å². The average molecular weight is 337 g/mol. The highest BCUT2D eigenvalue weighted by Gasteiger charge is 2.09. The molecule has 0 saturated heterocycles. The van der Waals surface area contributed by atoms with Crippen molar-refractivity contribution >= 4 is 21.9 Å². The lowest BCUT2D eigenvalue weighted by atomic mass is 10.1. The quantitative estimate of drug-likeness (QED) is 0.822. The number of ether oxygens (including phenoxy) is 1. The van der Waals surface area contributed by atoms with Crippen molar-refractivity contribution in [2.45, 2.75) is 19.5 Å². The van der Waals surface area contributed by atoms with Crippen LogP contribution < -0.4 is 5.32 Å². The predicted molar refractivity (Wildman–Crippen MR) is 81.5 cm³/mol. The van der Waals surface area contributed by atoms with Gasteiger partial charge in [0.1, 0.15) is 5.69 Å². The molecule has 106 valence electrons. The fraction of sp³-hybridized carbons (Fsp3) is 0.267. The van der Waals surface area contributed by atoms with Crippen LogP contribution in [0, 0.1) is 0 Å². The summed E-state index contributed by atoms with van der Waals surface area (Å²) in [6, 6.07) is 12.0. The molecule has 4 nitrogen and oxygen atoms in total. The normalized spacial score (nSPS) is 12.2. The van der Waals surface area contributed by atoms with Gasteiger partial charge in [-0.25, -0.2) is 4.79 Å². The zero-order chi connectivity index (χ0) is 14.5. The molecule has 1 atom stereocenters. The molecule has 2 rings (SSSR count). The van der Waals surface area contributed by atoms with E-state index in [0.29, 0.717) is 12.2 Å². The Kier molecular flexibility index (Phi) is 4.98. The maximum atomic E-state index is 11.3. The van der Waals surface area contributed by atoms with Gasteiger partial charge in [0.25, 0.3) is 0 Å². The third-order valence-electron chi connectivity index (χ3n) is 3.10. The van der Waals surface area contributed by atoms with Crippen LogP contribution in [0.25, 0.3) is 0 Å². The first-order valence-corrected chi connectivity index (χ1v) is 7.14. The number of esters is 1. The number of hydrogen-bond acceptors (Lipinski definition) is 3. The Morgan fingerprint density at radius 1 is 1.40 bits per heavy atom. The molecule has 1 aromatic heterocycles. The van der Waals surface area contributed by atoms with E-state index in [-0.39, 0.29) is 12.0 Å². The summed E-state index contributed by atoms with van der Waals surface area (Å²) < 4.78 is 5.73. The summed E-state index contributed by atoms with van der Waals surface area (Å²) >= 11 is 3.47. The number of aromatic amines is 1. The maximum Gasteiger partial charge on any atom is 0.354 e. The lowest BCUT2D eigenvalue weighted by molar-refractivity contribution is 0.0594. The lowest BCUT2D eigenvalue weighted by Crippen LogP contribution is -2.18. The lowest BCUT2D eigenvalue weighted by Gasteiger charge is -2.14. The van der Waals surface area contributed by atoms with Crippen LogP contribution in [-0.4, -0.2) is 18.1 Å². The van der Waals surface area contributed by atoms with Gasteiger partial charge in [0.05, 0.1) is 7.11 Å². The Balaban J connectivity index is 1.95. The summed E-state index contributed by atoms with van der Waals surface area (Å²) in [6.07, 6.45) is 0. The first kappa shape index (κ1) is 14.8. The van der Waals surface area contributed by atoms with Crippen molar-refractivity contribution in [2.75, 3.05) is 7.11 Å². The maximum absolute atomic E-state index is 11.3. The zero-order valence-electron chi connectivity index (χ0n) is 11.4. The van der Waals surface area contributed by atoms with E-state index < -0.39 is 0 Å². The molecule has 20 heavy (non-hydrogen) atoms. The van der Waals surface area contributed by atoms with Crippen molar-refractivity contribution in [1.82, 2.24) is 10.3 Å². The van der Waals surface area contributed by atoms with Crippen LogP contribution in [0.3, 0.4) is 0 Å². The van der Waals surface area contributed by atoms with E-state index in [2.05, 4.69) is 50.0 Å². The number of carbonyl (C=O) groups excluding carboxylic acids is 1. The Hall–Kier alpha value is -1.59. The summed E-state index contributed by atoms with van der Waals surface area (Å²) in [5, 5.41) is 3.41. The van der Waals surface area contributed by atoms with E-state index in [1.165, 1.54) is 12.7 Å². The van der Waals surface area contributed by atoms with Crippen molar-refractivity contribution in [3.8, 4) is 0 Å². The summed E-state index contributed by atoms with van der Waals surface area (Å²) in [4.78, 5) is 14.4. The number of halogens is 1. The summed E-state index contributed by atoms with van der Waals surface area (Å²) in [7, 11) is 1.37. The van der Waals surface area contributed by atoms with Gasteiger partial charge in [0.2, 0.25) is 0 Å². The van der Waals surface area contributed by atoms with Crippen LogP contribution >= 0.6 is 15.9 Å². The van der Waals surface area contributed by atoms with Crippen LogP contribution in [0.5, 0.6) is 0 Å². The van der Waals surface area contributed by atoms with Crippen molar-refractivity contribution < 1.29 is 9.53 Å². The highest BCUT2D eigenvalue weighted by atomic mass is 79.9. The Morgan fingerprint density at radius 3 is 2.90 bits per heavy atom. The molecule has 0 bridgehead atoms. The minimum atomic E-state index is -0.351. The monoisotopic (exact) mass is 336 g/mol. The third kappa shape index (κ3) is 3.71. The molecule has 0 saturated carbocycles. The average Bonchev–Trinajstić information content (AvgIpc) is 2.92. The van der Waals surface area contributed by atoms with Gasteiger partial charge in [0, 0.05) is 22.8 Å². The molecule has 1 heterocycles. The smallest absolute Gasteiger partial charge is 0.354 e. The van der Waals surface area contributed by atoms with E-state index in [0.717, 1.165) is 10.2 Å². The third-order valence-corrected chi connectivity index (χ3v) is 3.59. The van der Waals surface area contributed by atoms with Gasteiger partial charge in [-0.15, -0.1) is 0 Å². The number of carbonyl (C=O) groups is 1. The molecule has 0 spiro atoms. The van der Waals surface area contributed by atoms with Crippen molar-refractivity contribution in [2.24, 2.45) is 0 Å². The van der Waals surface area contributed by atoms with E-state index >= 15 is 0 Å². The van der Waals surface area contributed by atoms with Crippen LogP contribution in [0.2, 0.25) is 0 Å². The molecular weight excluding hydrogens is 320 g/mol. The van der Waals surface area contributed by atoms with E-state index in [1.54, 1.807) is 6.07 Å². The molecular formula is C15H17BrN2O2. The minimum Gasteiger partial charge on any atom is -0.464 e. The molecule has 0 fully saturated rings. The predicted octanol–water partition coefficient (Wildman–Crippen LogP) is 3.41. The highest BCUT2D eigenvalue weighted by Crippen LogP contribution is 2.18. The topological polar surface area (TPSA) is 54.1 Å². The van der Waals surface area contributed by atoms with E-state index in [4.69, 9.17) is 0 Å². The number of nitrogens with one attached hydrogen (secondary N) is 2.